The van der Waals surface area contributed by atoms with Crippen LogP contribution in [0.4, 0.5) is 10.5 Å². The van der Waals surface area contributed by atoms with E-state index < -0.39 is 11.7 Å². The minimum absolute atomic E-state index is 0.0675. The van der Waals surface area contributed by atoms with Gasteiger partial charge in [0, 0.05) is 22.3 Å². The number of ether oxygens (including phenoxy) is 3. The summed E-state index contributed by atoms with van der Waals surface area (Å²) in [5, 5.41) is 17.4. The average molecular weight is 439 g/mol. The predicted molar refractivity (Wildman–Crippen MR) is 117 cm³/mol. The van der Waals surface area contributed by atoms with Gasteiger partial charge in [-0.2, -0.15) is 10.1 Å². The number of aryl methyl sites for hydroxylation is 2. The lowest BCUT2D eigenvalue weighted by Crippen LogP contribution is -2.34. The van der Waals surface area contributed by atoms with E-state index in [1.807, 2.05) is 12.1 Å². The molecule has 9 heteroatoms. The molecule has 168 valence electrons. The van der Waals surface area contributed by atoms with Crippen LogP contribution in [0.1, 0.15) is 48.6 Å². The molecule has 0 aromatic heterocycles. The van der Waals surface area contributed by atoms with Gasteiger partial charge < -0.3 is 14.2 Å². The van der Waals surface area contributed by atoms with Gasteiger partial charge in [0.25, 0.3) is 5.69 Å². The van der Waals surface area contributed by atoms with Crippen LogP contribution in [0.2, 0.25) is 0 Å². The number of amides is 1. The van der Waals surface area contributed by atoms with Crippen LogP contribution in [0, 0.1) is 24.0 Å². The molecule has 2 aliphatic heterocycles. The summed E-state index contributed by atoms with van der Waals surface area (Å²) in [6.07, 6.45) is -0.0263. The lowest BCUT2D eigenvalue weighted by molar-refractivity contribution is -0.386. The molecule has 2 heterocycles. The van der Waals surface area contributed by atoms with Crippen molar-refractivity contribution in [3.8, 4) is 11.5 Å². The summed E-state index contributed by atoms with van der Waals surface area (Å²) in [7, 11) is 0. The van der Waals surface area contributed by atoms with Crippen molar-refractivity contribution in [1.29, 1.82) is 0 Å². The molecule has 1 amide bonds. The third kappa shape index (κ3) is 4.10. The fourth-order valence-corrected chi connectivity index (χ4v) is 3.90. The Morgan fingerprint density at radius 2 is 1.75 bits per heavy atom. The Morgan fingerprint density at radius 1 is 1.12 bits per heavy atom. The van der Waals surface area contributed by atoms with Gasteiger partial charge in [0.15, 0.2) is 11.5 Å². The van der Waals surface area contributed by atoms with Crippen molar-refractivity contribution in [3.05, 3.63) is 62.2 Å². The maximum atomic E-state index is 12.8. The molecule has 32 heavy (non-hydrogen) atoms. The van der Waals surface area contributed by atoms with Crippen molar-refractivity contribution in [2.75, 3.05) is 13.3 Å². The zero-order valence-electron chi connectivity index (χ0n) is 18.7. The van der Waals surface area contributed by atoms with E-state index in [2.05, 4.69) is 5.10 Å². The number of carbonyl (C=O) groups excluding carboxylic acids is 1. The summed E-state index contributed by atoms with van der Waals surface area (Å²) in [6.45, 7) is 9.23. The van der Waals surface area contributed by atoms with Gasteiger partial charge >= 0.3 is 6.09 Å². The average Bonchev–Trinajstić information content (AvgIpc) is 3.03. The quantitative estimate of drug-likeness (QED) is 0.505. The van der Waals surface area contributed by atoms with E-state index in [9.17, 15) is 14.9 Å². The number of hydrogen-bond acceptors (Lipinski definition) is 7. The molecule has 0 fully saturated rings. The van der Waals surface area contributed by atoms with E-state index in [-0.39, 0.29) is 17.4 Å². The second-order valence-corrected chi connectivity index (χ2v) is 8.88. The standard InChI is InChI=1S/C23H25N3O6/c1-13-8-16(9-14(2)21(13)26(28)29)20-17-11-19-18(30-12-31-19)10-15(17)6-7-25(24-20)22(27)32-23(3,4)5/h8-11H,6-7,12H2,1-5H3. The summed E-state index contributed by atoms with van der Waals surface area (Å²) in [4.78, 5) is 23.9. The van der Waals surface area contributed by atoms with E-state index in [0.717, 1.165) is 11.1 Å². The van der Waals surface area contributed by atoms with Crippen LogP contribution in [0.5, 0.6) is 11.5 Å². The molecule has 0 unspecified atom stereocenters. The third-order valence-electron chi connectivity index (χ3n) is 5.22. The molecular weight excluding hydrogens is 414 g/mol. The number of hydrogen-bond donors (Lipinski definition) is 0. The van der Waals surface area contributed by atoms with Gasteiger partial charge in [0.1, 0.15) is 5.60 Å². The first-order valence-corrected chi connectivity index (χ1v) is 10.3. The largest absolute Gasteiger partial charge is 0.454 e. The van der Waals surface area contributed by atoms with Crippen molar-refractivity contribution >= 4 is 17.5 Å². The number of nitro groups is 1. The third-order valence-corrected chi connectivity index (χ3v) is 5.22. The van der Waals surface area contributed by atoms with Gasteiger partial charge in [-0.1, -0.05) is 0 Å². The molecule has 2 aromatic rings. The van der Waals surface area contributed by atoms with E-state index >= 15 is 0 Å². The molecule has 0 saturated carbocycles. The molecule has 2 aliphatic rings. The van der Waals surface area contributed by atoms with Gasteiger partial charge in [-0.25, -0.2) is 4.79 Å². The fourth-order valence-electron chi connectivity index (χ4n) is 3.90. The minimum atomic E-state index is -0.671. The number of nitro benzene ring substituents is 1. The Labute approximate surface area is 185 Å². The maximum Gasteiger partial charge on any atom is 0.430 e. The lowest BCUT2D eigenvalue weighted by atomic mass is 9.93. The van der Waals surface area contributed by atoms with Crippen LogP contribution in [0.15, 0.2) is 29.4 Å². The van der Waals surface area contributed by atoms with E-state index in [4.69, 9.17) is 14.2 Å². The van der Waals surface area contributed by atoms with E-state index in [1.165, 1.54) is 5.01 Å². The Hall–Kier alpha value is -3.62. The maximum absolute atomic E-state index is 12.8. The second kappa shape index (κ2) is 7.81. The highest BCUT2D eigenvalue weighted by Gasteiger charge is 2.29. The van der Waals surface area contributed by atoms with Gasteiger partial charge in [-0.15, -0.1) is 0 Å². The van der Waals surface area contributed by atoms with Crippen molar-refractivity contribution in [3.63, 3.8) is 0 Å². The van der Waals surface area contributed by atoms with Gasteiger partial charge in [-0.3, -0.25) is 10.1 Å². The molecule has 0 bridgehead atoms. The fraction of sp³-hybridized carbons (Fsp3) is 0.391. The molecule has 9 nitrogen and oxygen atoms in total. The molecule has 4 rings (SSSR count). The molecule has 2 aromatic carbocycles. The molecular formula is C23H25N3O6. The SMILES string of the molecule is Cc1cc(C2=NN(C(=O)OC(C)(C)C)CCc3cc4c(cc32)OCO4)cc(C)c1[N+](=O)[O-]. The zero-order valence-corrected chi connectivity index (χ0v) is 18.7. The molecule has 0 aliphatic carbocycles. The van der Waals surface area contributed by atoms with Crippen LogP contribution < -0.4 is 9.47 Å². The first-order valence-electron chi connectivity index (χ1n) is 10.3. The Kier molecular flexibility index (Phi) is 5.28. The van der Waals surface area contributed by atoms with Crippen LogP contribution in [-0.4, -0.2) is 40.7 Å². The van der Waals surface area contributed by atoms with Gasteiger partial charge in [0.05, 0.1) is 17.2 Å². The molecule has 0 N–H and O–H groups in total. The predicted octanol–water partition coefficient (Wildman–Crippen LogP) is 4.49. The smallest absolute Gasteiger partial charge is 0.430 e. The topological polar surface area (TPSA) is 104 Å². The Bertz CT molecular complexity index is 1130. The molecule has 0 atom stereocenters. The monoisotopic (exact) mass is 439 g/mol. The van der Waals surface area contributed by atoms with Crippen molar-refractivity contribution in [1.82, 2.24) is 5.01 Å². The summed E-state index contributed by atoms with van der Waals surface area (Å²) >= 11 is 0. The van der Waals surface area contributed by atoms with Crippen LogP contribution in [-0.2, 0) is 11.2 Å². The summed E-state index contributed by atoms with van der Waals surface area (Å²) in [5.74, 6) is 1.24. The number of benzene rings is 2. The highest BCUT2D eigenvalue weighted by molar-refractivity contribution is 6.14. The normalized spacial score (nSPS) is 15.0. The van der Waals surface area contributed by atoms with Crippen LogP contribution in [0.3, 0.4) is 0 Å². The Balaban J connectivity index is 1.87. The highest BCUT2D eigenvalue weighted by Crippen LogP contribution is 2.37. The summed E-state index contributed by atoms with van der Waals surface area (Å²) in [6, 6.07) is 7.19. The second-order valence-electron chi connectivity index (χ2n) is 8.88. The lowest BCUT2D eigenvalue weighted by Gasteiger charge is -2.24. The number of fused-ring (bicyclic) bond motifs is 2. The van der Waals surface area contributed by atoms with Crippen molar-refractivity contribution < 1.29 is 23.9 Å². The van der Waals surface area contributed by atoms with E-state index in [0.29, 0.717) is 46.9 Å². The summed E-state index contributed by atoms with van der Waals surface area (Å²) in [5.41, 5.74) is 3.34. The molecule has 0 radical (unpaired) electrons. The van der Waals surface area contributed by atoms with Crippen LogP contribution in [0.25, 0.3) is 0 Å². The summed E-state index contributed by atoms with van der Waals surface area (Å²) < 4.78 is 16.6. The highest BCUT2D eigenvalue weighted by atomic mass is 16.7. The van der Waals surface area contributed by atoms with Crippen LogP contribution >= 0.6 is 0 Å². The molecule has 0 saturated heterocycles. The van der Waals surface area contributed by atoms with Crippen molar-refractivity contribution in [2.24, 2.45) is 5.10 Å². The first kappa shape index (κ1) is 21.6. The molecule has 0 spiro atoms. The van der Waals surface area contributed by atoms with Gasteiger partial charge in [0.2, 0.25) is 6.79 Å². The number of nitrogens with zero attached hydrogens (tertiary/aromatic N) is 3. The zero-order chi connectivity index (χ0) is 23.2. The number of rotatable bonds is 2. The number of carbonyl (C=O) groups is 1. The Morgan fingerprint density at radius 3 is 2.34 bits per heavy atom. The minimum Gasteiger partial charge on any atom is -0.454 e. The van der Waals surface area contributed by atoms with Crippen molar-refractivity contribution in [2.45, 2.75) is 46.6 Å². The first-order chi connectivity index (χ1) is 15.0. The van der Waals surface area contributed by atoms with Gasteiger partial charge in [-0.05, 0) is 70.9 Å². The van der Waals surface area contributed by atoms with E-state index in [1.54, 1.807) is 46.8 Å². The number of hydrazone groups is 1.